The Hall–Kier alpha value is -1.75. The summed E-state index contributed by atoms with van der Waals surface area (Å²) in [5.74, 6) is -0.0491. The van der Waals surface area contributed by atoms with E-state index in [0.29, 0.717) is 30.8 Å². The van der Waals surface area contributed by atoms with Gasteiger partial charge in [-0.25, -0.2) is 0 Å². The van der Waals surface area contributed by atoms with Crippen molar-refractivity contribution in [2.45, 2.75) is 13.3 Å². The van der Waals surface area contributed by atoms with Gasteiger partial charge in [-0.3, -0.25) is 4.79 Å². The van der Waals surface area contributed by atoms with Crippen LogP contribution in [0.3, 0.4) is 0 Å². The summed E-state index contributed by atoms with van der Waals surface area (Å²) in [5, 5.41) is 8.88. The first-order valence-corrected chi connectivity index (χ1v) is 6.48. The minimum Gasteiger partial charge on any atom is -0.399 e. The Kier molecular flexibility index (Phi) is 5.63. The average Bonchev–Trinajstić information content (AvgIpc) is 2.38. The number of hydrogen-bond donors (Lipinski definition) is 2. The van der Waals surface area contributed by atoms with Gasteiger partial charge in [-0.15, -0.1) is 0 Å². The van der Waals surface area contributed by atoms with Crippen LogP contribution in [-0.2, 0) is 0 Å². The minimum atomic E-state index is -0.0491. The molecule has 19 heavy (non-hydrogen) atoms. The first-order chi connectivity index (χ1) is 9.01. The van der Waals surface area contributed by atoms with Crippen molar-refractivity contribution in [2.75, 3.05) is 44.4 Å². The summed E-state index contributed by atoms with van der Waals surface area (Å²) in [6.07, 6.45) is 0.583. The molecule has 0 atom stereocenters. The smallest absolute Gasteiger partial charge is 0.256 e. The van der Waals surface area contributed by atoms with Crippen molar-refractivity contribution < 1.29 is 9.90 Å². The zero-order chi connectivity index (χ0) is 14.4. The maximum Gasteiger partial charge on any atom is 0.256 e. The number of carbonyl (C=O) groups excluding carboxylic acids is 1. The highest BCUT2D eigenvalue weighted by Gasteiger charge is 2.18. The number of anilines is 2. The number of aliphatic hydroxyl groups excluding tert-OH is 1. The molecule has 0 spiro atoms. The highest BCUT2D eigenvalue weighted by atomic mass is 16.3. The Balaban J connectivity index is 3.05. The van der Waals surface area contributed by atoms with Gasteiger partial charge in [0.1, 0.15) is 0 Å². The standard InChI is InChI=1S/C14H23N3O2/c1-4-17(8-5-9-18)14(19)12-10-11(15)6-7-13(12)16(2)3/h6-7,10,18H,4-5,8-9,15H2,1-3H3. The van der Waals surface area contributed by atoms with Gasteiger partial charge in [0.2, 0.25) is 0 Å². The Morgan fingerprint density at radius 3 is 2.58 bits per heavy atom. The number of hydrogen-bond acceptors (Lipinski definition) is 4. The van der Waals surface area contributed by atoms with E-state index >= 15 is 0 Å². The molecule has 5 heteroatoms. The van der Waals surface area contributed by atoms with Gasteiger partial charge in [0.05, 0.1) is 5.56 Å². The third-order valence-electron chi connectivity index (χ3n) is 2.99. The molecule has 0 bridgehead atoms. The minimum absolute atomic E-state index is 0.0491. The summed E-state index contributed by atoms with van der Waals surface area (Å²) in [6.45, 7) is 3.17. The molecule has 1 aromatic rings. The highest BCUT2D eigenvalue weighted by molar-refractivity contribution is 6.00. The van der Waals surface area contributed by atoms with Crippen LogP contribution in [0.2, 0.25) is 0 Å². The van der Waals surface area contributed by atoms with Crippen molar-refractivity contribution in [1.29, 1.82) is 0 Å². The zero-order valence-electron chi connectivity index (χ0n) is 11.9. The van der Waals surface area contributed by atoms with Crippen molar-refractivity contribution in [3.05, 3.63) is 23.8 Å². The molecule has 5 nitrogen and oxygen atoms in total. The molecule has 0 aliphatic carbocycles. The number of benzene rings is 1. The van der Waals surface area contributed by atoms with Crippen LogP contribution in [0.5, 0.6) is 0 Å². The lowest BCUT2D eigenvalue weighted by atomic mass is 10.1. The van der Waals surface area contributed by atoms with Gasteiger partial charge in [-0.2, -0.15) is 0 Å². The largest absolute Gasteiger partial charge is 0.399 e. The van der Waals surface area contributed by atoms with Crippen molar-refractivity contribution in [2.24, 2.45) is 0 Å². The Morgan fingerprint density at radius 2 is 2.05 bits per heavy atom. The Morgan fingerprint density at radius 1 is 1.37 bits per heavy atom. The number of amides is 1. The molecule has 0 saturated carbocycles. The number of rotatable bonds is 6. The van der Waals surface area contributed by atoms with E-state index in [1.54, 1.807) is 17.0 Å². The van der Waals surface area contributed by atoms with E-state index in [1.165, 1.54) is 0 Å². The maximum atomic E-state index is 12.5. The highest BCUT2D eigenvalue weighted by Crippen LogP contribution is 2.23. The van der Waals surface area contributed by atoms with Gasteiger partial charge in [-0.1, -0.05) is 0 Å². The summed E-state index contributed by atoms with van der Waals surface area (Å²) < 4.78 is 0. The van der Waals surface area contributed by atoms with Gasteiger partial charge < -0.3 is 20.6 Å². The zero-order valence-corrected chi connectivity index (χ0v) is 11.9. The average molecular weight is 265 g/mol. The second-order valence-corrected chi connectivity index (χ2v) is 4.63. The van der Waals surface area contributed by atoms with Crippen LogP contribution in [0.4, 0.5) is 11.4 Å². The Labute approximate surface area is 114 Å². The molecule has 0 fully saturated rings. The normalized spacial score (nSPS) is 10.3. The molecule has 0 heterocycles. The number of carbonyl (C=O) groups is 1. The first-order valence-electron chi connectivity index (χ1n) is 6.48. The van der Waals surface area contributed by atoms with Gasteiger partial charge in [0.15, 0.2) is 0 Å². The van der Waals surface area contributed by atoms with Gasteiger partial charge in [0.25, 0.3) is 5.91 Å². The molecule has 1 rings (SSSR count). The molecule has 1 aromatic carbocycles. The predicted molar refractivity (Wildman–Crippen MR) is 78.5 cm³/mol. The fraction of sp³-hybridized carbons (Fsp3) is 0.500. The molecule has 0 aromatic heterocycles. The monoisotopic (exact) mass is 265 g/mol. The topological polar surface area (TPSA) is 69.8 Å². The van der Waals surface area contributed by atoms with E-state index in [9.17, 15) is 4.79 Å². The Bertz CT molecular complexity index is 433. The second kappa shape index (κ2) is 6.99. The van der Waals surface area contributed by atoms with Crippen LogP contribution in [0, 0.1) is 0 Å². The molecule has 0 saturated heterocycles. The van der Waals surface area contributed by atoms with Crippen molar-refractivity contribution in [3.63, 3.8) is 0 Å². The second-order valence-electron chi connectivity index (χ2n) is 4.63. The summed E-state index contributed by atoms with van der Waals surface area (Å²) in [5.41, 5.74) is 7.80. The summed E-state index contributed by atoms with van der Waals surface area (Å²) in [7, 11) is 3.79. The van der Waals surface area contributed by atoms with E-state index in [-0.39, 0.29) is 12.5 Å². The molecule has 0 unspecified atom stereocenters. The predicted octanol–water partition coefficient (Wildman–Crippen LogP) is 1.18. The lowest BCUT2D eigenvalue weighted by Crippen LogP contribution is -2.33. The lowest BCUT2D eigenvalue weighted by Gasteiger charge is -2.24. The van der Waals surface area contributed by atoms with Crippen molar-refractivity contribution in [1.82, 2.24) is 4.90 Å². The van der Waals surface area contributed by atoms with Crippen LogP contribution in [0.1, 0.15) is 23.7 Å². The molecular weight excluding hydrogens is 242 g/mol. The molecule has 0 radical (unpaired) electrons. The van der Waals surface area contributed by atoms with E-state index in [4.69, 9.17) is 10.8 Å². The molecule has 3 N–H and O–H groups in total. The van der Waals surface area contributed by atoms with Crippen molar-refractivity contribution in [3.8, 4) is 0 Å². The fourth-order valence-electron chi connectivity index (χ4n) is 1.95. The first kappa shape index (κ1) is 15.3. The van der Waals surface area contributed by atoms with Gasteiger partial charge in [-0.05, 0) is 31.5 Å². The number of nitrogen functional groups attached to an aromatic ring is 1. The lowest BCUT2D eigenvalue weighted by molar-refractivity contribution is 0.0755. The molecular formula is C14H23N3O2. The molecule has 1 amide bonds. The maximum absolute atomic E-state index is 12.5. The van der Waals surface area contributed by atoms with Gasteiger partial charge in [0, 0.05) is 45.2 Å². The van der Waals surface area contributed by atoms with Crippen LogP contribution >= 0.6 is 0 Å². The van der Waals surface area contributed by atoms with E-state index < -0.39 is 0 Å². The van der Waals surface area contributed by atoms with E-state index in [0.717, 1.165) is 5.69 Å². The van der Waals surface area contributed by atoms with Crippen molar-refractivity contribution >= 4 is 17.3 Å². The number of nitrogens with zero attached hydrogens (tertiary/aromatic N) is 2. The molecule has 0 aliphatic heterocycles. The number of nitrogens with two attached hydrogens (primary N) is 1. The summed E-state index contributed by atoms with van der Waals surface area (Å²) in [6, 6.07) is 5.35. The van der Waals surface area contributed by atoms with Crippen LogP contribution in [0.15, 0.2) is 18.2 Å². The quantitative estimate of drug-likeness (QED) is 0.758. The summed E-state index contributed by atoms with van der Waals surface area (Å²) in [4.78, 5) is 16.1. The third kappa shape index (κ3) is 3.86. The SMILES string of the molecule is CCN(CCCO)C(=O)c1cc(N)ccc1N(C)C. The molecule has 0 aliphatic rings. The van der Waals surface area contributed by atoms with Crippen LogP contribution in [0.25, 0.3) is 0 Å². The molecule has 106 valence electrons. The van der Waals surface area contributed by atoms with E-state index in [1.807, 2.05) is 32.0 Å². The number of aliphatic hydroxyl groups is 1. The summed E-state index contributed by atoms with van der Waals surface area (Å²) >= 11 is 0. The van der Waals surface area contributed by atoms with Crippen LogP contribution in [-0.4, -0.2) is 49.7 Å². The third-order valence-corrected chi connectivity index (χ3v) is 2.99. The van der Waals surface area contributed by atoms with Crippen LogP contribution < -0.4 is 10.6 Å². The van der Waals surface area contributed by atoms with Gasteiger partial charge >= 0.3 is 0 Å². The van der Waals surface area contributed by atoms with E-state index in [2.05, 4.69) is 0 Å². The fourth-order valence-corrected chi connectivity index (χ4v) is 1.95.